The quantitative estimate of drug-likeness (QED) is 0.161. The summed E-state index contributed by atoms with van der Waals surface area (Å²) in [5, 5.41) is 20.0. The lowest BCUT2D eigenvalue weighted by atomic mass is 9.84. The van der Waals surface area contributed by atoms with Crippen molar-refractivity contribution in [2.24, 2.45) is 17.3 Å². The van der Waals surface area contributed by atoms with E-state index < -0.39 is 41.3 Å². The summed E-state index contributed by atoms with van der Waals surface area (Å²) in [5.74, 6) is -1.93. The fourth-order valence-electron chi connectivity index (χ4n) is 9.60. The van der Waals surface area contributed by atoms with E-state index in [1.807, 2.05) is 38.2 Å². The van der Waals surface area contributed by atoms with Crippen LogP contribution in [-0.4, -0.2) is 107 Å². The number of hydrazine groups is 1. The molecule has 4 aromatic rings. The molecule has 2 aromatic carbocycles. The molecule has 7 rings (SSSR count). The molecule has 0 radical (unpaired) electrons. The second-order valence-corrected chi connectivity index (χ2v) is 18.4. The van der Waals surface area contributed by atoms with Gasteiger partial charge >= 0.3 is 5.97 Å². The Balaban J connectivity index is 1.33. The molecule has 2 saturated heterocycles. The van der Waals surface area contributed by atoms with Crippen LogP contribution in [0.15, 0.2) is 54.9 Å². The van der Waals surface area contributed by atoms with E-state index >= 15 is 0 Å². The van der Waals surface area contributed by atoms with Crippen molar-refractivity contribution in [2.45, 2.75) is 104 Å². The molecule has 0 aliphatic carbocycles. The van der Waals surface area contributed by atoms with Crippen molar-refractivity contribution in [2.75, 3.05) is 40.4 Å². The number of cyclic esters (lactones) is 1. The summed E-state index contributed by atoms with van der Waals surface area (Å²) in [4.78, 5) is 62.7. The third-order valence-electron chi connectivity index (χ3n) is 12.6. The van der Waals surface area contributed by atoms with E-state index in [2.05, 4.69) is 58.5 Å². The Hall–Kier alpha value is -5.31. The molecular formula is C48H63N7O7. The summed E-state index contributed by atoms with van der Waals surface area (Å²) in [5.41, 5.74) is 9.93. The molecule has 62 heavy (non-hydrogen) atoms. The van der Waals surface area contributed by atoms with Gasteiger partial charge in [0.05, 0.1) is 24.8 Å². The zero-order valence-corrected chi connectivity index (χ0v) is 37.3. The largest absolute Gasteiger partial charge is 0.508 e. The zero-order chi connectivity index (χ0) is 44.3. The minimum absolute atomic E-state index is 0.0163. The van der Waals surface area contributed by atoms with Crippen LogP contribution >= 0.6 is 0 Å². The number of hydrogen-bond donors (Lipinski definition) is 4. The number of ether oxygens (including phenoxy) is 2. The SMILES string of the molecule is CCn1c(-c2cnccc2COC)c2c3cc(ccc31)-c1cc(O)cc(c1)C[C@H](NC(=O)[C@H](C(C)C)N(C)C(=O)[C@@H]1CCCNC1)C(=O)N1CCC[C@H](N1)C(=O)OCC(C)(C)C2. The summed E-state index contributed by atoms with van der Waals surface area (Å²) in [6, 6.07) is 10.8. The summed E-state index contributed by atoms with van der Waals surface area (Å²) < 4.78 is 14.0. The number of hydrogen-bond acceptors (Lipinski definition) is 10. The number of phenols is 1. The van der Waals surface area contributed by atoms with E-state index in [1.54, 1.807) is 32.5 Å². The fourth-order valence-corrected chi connectivity index (χ4v) is 9.60. The number of aromatic hydroxyl groups is 1. The number of likely N-dealkylation sites (N-methyl/N-ethyl adjacent to an activating group) is 1. The average molecular weight is 850 g/mol. The highest BCUT2D eigenvalue weighted by molar-refractivity contribution is 5.96. The average Bonchev–Trinajstić information content (AvgIpc) is 3.56. The Morgan fingerprint density at radius 1 is 1.10 bits per heavy atom. The van der Waals surface area contributed by atoms with Gasteiger partial charge in [-0.3, -0.25) is 29.2 Å². The van der Waals surface area contributed by atoms with E-state index in [0.717, 1.165) is 63.8 Å². The number of piperidine rings is 1. The van der Waals surface area contributed by atoms with Crippen molar-refractivity contribution < 1.29 is 33.8 Å². The first-order chi connectivity index (χ1) is 29.7. The van der Waals surface area contributed by atoms with Crippen molar-refractivity contribution in [1.82, 2.24) is 35.5 Å². The maximum atomic E-state index is 14.6. The highest BCUT2D eigenvalue weighted by Gasteiger charge is 2.39. The Labute approximate surface area is 364 Å². The van der Waals surface area contributed by atoms with Crippen LogP contribution in [0.2, 0.25) is 0 Å². The van der Waals surface area contributed by atoms with Gasteiger partial charge < -0.3 is 34.7 Å². The van der Waals surface area contributed by atoms with Crippen LogP contribution in [0, 0.1) is 17.3 Å². The van der Waals surface area contributed by atoms with Crippen LogP contribution in [0.1, 0.15) is 77.0 Å². The Bertz CT molecular complexity index is 2300. The number of aromatic nitrogens is 2. The van der Waals surface area contributed by atoms with Crippen molar-refractivity contribution in [3.8, 4) is 28.1 Å². The predicted molar refractivity (Wildman–Crippen MR) is 238 cm³/mol. The first-order valence-corrected chi connectivity index (χ1v) is 22.1. The molecule has 14 heteroatoms. The monoisotopic (exact) mass is 849 g/mol. The highest BCUT2D eigenvalue weighted by Crippen LogP contribution is 2.41. The predicted octanol–water partition coefficient (Wildman–Crippen LogP) is 5.37. The minimum atomic E-state index is -1.10. The van der Waals surface area contributed by atoms with Crippen LogP contribution < -0.4 is 16.1 Å². The summed E-state index contributed by atoms with van der Waals surface area (Å²) in [6.45, 7) is 13.0. The van der Waals surface area contributed by atoms with Gasteiger partial charge in [-0.2, -0.15) is 0 Å². The third-order valence-corrected chi connectivity index (χ3v) is 12.6. The van der Waals surface area contributed by atoms with Gasteiger partial charge in [-0.05, 0) is 110 Å². The molecule has 0 spiro atoms. The molecule has 2 fully saturated rings. The number of nitrogens with one attached hydrogen (secondary N) is 3. The lowest BCUT2D eigenvalue weighted by Crippen LogP contribution is -2.62. The lowest BCUT2D eigenvalue weighted by Gasteiger charge is -2.37. The number of rotatable bonds is 9. The number of benzene rings is 2. The topological polar surface area (TPSA) is 167 Å². The maximum absolute atomic E-state index is 14.6. The number of pyridine rings is 1. The number of carbonyl (C=O) groups is 4. The normalized spacial score (nSPS) is 21.3. The van der Waals surface area contributed by atoms with Gasteiger partial charge in [-0.25, -0.2) is 5.43 Å². The van der Waals surface area contributed by atoms with E-state index in [4.69, 9.17) is 9.47 Å². The molecule has 6 bridgehead atoms. The molecule has 0 saturated carbocycles. The zero-order valence-electron chi connectivity index (χ0n) is 37.3. The number of carbonyl (C=O) groups excluding carboxylic acids is 4. The summed E-state index contributed by atoms with van der Waals surface area (Å²) in [6.07, 6.45) is 6.88. The van der Waals surface area contributed by atoms with E-state index in [0.29, 0.717) is 51.1 Å². The van der Waals surface area contributed by atoms with Crippen LogP contribution in [-0.2, 0) is 54.6 Å². The molecule has 3 aliphatic heterocycles. The van der Waals surface area contributed by atoms with Gasteiger partial charge in [0.1, 0.15) is 23.9 Å². The fraction of sp³-hybridized carbons (Fsp3) is 0.521. The van der Waals surface area contributed by atoms with Crippen LogP contribution in [0.25, 0.3) is 33.3 Å². The Morgan fingerprint density at radius 3 is 2.63 bits per heavy atom. The smallest absolute Gasteiger partial charge is 0.324 e. The van der Waals surface area contributed by atoms with E-state index in [-0.39, 0.29) is 36.5 Å². The first-order valence-electron chi connectivity index (χ1n) is 22.1. The Kier molecular flexibility index (Phi) is 13.7. The highest BCUT2D eigenvalue weighted by atomic mass is 16.5. The number of nitrogens with zero attached hydrogens (tertiary/aromatic N) is 4. The standard InChI is InChI=1S/C48H63N7O7/c1-8-54-41-14-13-31-23-36(41)37(43(54)38-26-50-17-15-33(38)27-61-7)24-48(4,5)28-62-47(60)39-12-10-18-55(52-39)46(59)40(21-30-19-34(31)22-35(56)20-30)51-44(57)42(29(2)3)53(6)45(58)32-11-9-16-49-25-32/h13-15,17,19-20,22-23,26,29,32,39-40,42,49,52,56H,8-12,16,18,21,24-25,27-28H2,1-7H3,(H,51,57)/t32-,39+,40+,42+/m1/s1. The van der Waals surface area contributed by atoms with Gasteiger partial charge in [0.2, 0.25) is 11.8 Å². The van der Waals surface area contributed by atoms with Gasteiger partial charge in [-0.15, -0.1) is 0 Å². The first kappa shape index (κ1) is 44.7. The summed E-state index contributed by atoms with van der Waals surface area (Å²) in [7, 11) is 3.34. The number of esters is 1. The second-order valence-electron chi connectivity index (χ2n) is 18.4. The maximum Gasteiger partial charge on any atom is 0.324 e. The molecular weight excluding hydrogens is 787 g/mol. The van der Waals surface area contributed by atoms with Crippen molar-refractivity contribution >= 4 is 34.6 Å². The number of aryl methyl sites for hydroxylation is 1. The van der Waals surface area contributed by atoms with Gasteiger partial charge in [0.25, 0.3) is 5.91 Å². The molecule has 4 atom stereocenters. The van der Waals surface area contributed by atoms with Crippen molar-refractivity contribution in [3.63, 3.8) is 0 Å². The Morgan fingerprint density at radius 2 is 1.90 bits per heavy atom. The van der Waals surface area contributed by atoms with Gasteiger partial charge in [-0.1, -0.05) is 39.8 Å². The minimum Gasteiger partial charge on any atom is -0.508 e. The lowest BCUT2D eigenvalue weighted by molar-refractivity contribution is -0.155. The molecule has 0 unspecified atom stereocenters. The van der Waals surface area contributed by atoms with E-state index in [1.165, 1.54) is 9.91 Å². The van der Waals surface area contributed by atoms with Crippen LogP contribution in [0.3, 0.4) is 0 Å². The number of phenolic OH excluding ortho intramolecular Hbond substituents is 1. The number of methoxy groups -OCH3 is 1. The molecule has 3 aliphatic rings. The molecule has 332 valence electrons. The molecule has 4 N–H and O–H groups in total. The molecule has 2 aromatic heterocycles. The number of amides is 3. The summed E-state index contributed by atoms with van der Waals surface area (Å²) >= 11 is 0. The van der Waals surface area contributed by atoms with Gasteiger partial charge in [0.15, 0.2) is 0 Å². The molecule has 14 nitrogen and oxygen atoms in total. The second kappa shape index (κ2) is 19.0. The van der Waals surface area contributed by atoms with Crippen molar-refractivity contribution in [1.29, 1.82) is 0 Å². The van der Waals surface area contributed by atoms with E-state index in [9.17, 15) is 24.3 Å². The molecule has 5 heterocycles. The molecule has 3 amide bonds. The third kappa shape index (κ3) is 9.52. The van der Waals surface area contributed by atoms with Crippen LogP contribution in [0.5, 0.6) is 5.75 Å². The van der Waals surface area contributed by atoms with Gasteiger partial charge in [0, 0.05) is 74.5 Å². The van der Waals surface area contributed by atoms with Crippen molar-refractivity contribution in [3.05, 3.63) is 71.5 Å². The van der Waals surface area contributed by atoms with Crippen LogP contribution in [0.4, 0.5) is 0 Å². The number of fused-ring (bicyclic) bond motifs is 6.